The lowest BCUT2D eigenvalue weighted by molar-refractivity contribution is -0.319. The van der Waals surface area contributed by atoms with Crippen molar-refractivity contribution in [1.29, 1.82) is 0 Å². The molecule has 0 heterocycles. The fraction of sp³-hybridized carbons (Fsp3) is 1.00. The first-order chi connectivity index (χ1) is 53.4. The molecule has 0 N–H and O–H groups in total. The molecule has 0 unspecified atom stereocenters. The number of methoxy groups -OCH3 is 2. The molecule has 0 fully saturated rings. The summed E-state index contributed by atoms with van der Waals surface area (Å²) in [6.45, 7) is 17.9. The SMILES string of the molecule is COCCOCCOOCCOCCOOCCOCCOOCCOCCOOCCOCCOOCCOCCOOCCOCCOOCCOCCOOCCOCCOOCCOCCOOCCOCCOOCCOCCOOCCOCCOOCCOCCOOCCOCCOC. The Labute approximate surface area is 626 Å². The minimum absolute atomic E-state index is 0.223. The molecule has 0 rings (SSSR count). The van der Waals surface area contributed by atoms with Gasteiger partial charge < -0.3 is 80.5 Å². The normalized spacial score (nSPS) is 11.8. The standard InChI is InChI=1S/C62H126O45/c1-63-3-5-65-7-35-80-82-37-9-67-11-39-84-86-41-13-69-15-43-88-90-45-17-71-19-47-92-94-49-21-73-23-51-96-98-53-25-75-27-55-100-102-57-29-77-31-59-104-106-61-33-79-34-62-107-105-60-32-78-30-58-103-101-56-28-76-26-54-99-97-52-24-74-22-50-95-93-48-20-72-18-46-91-89-44-16-70-14-42-87-85-40-12-68-10-38-83-81-36-8-66-6-4-64-2/h3-62H2,1-2H3. The Morgan fingerprint density at radius 2 is 0.131 bits per heavy atom. The highest BCUT2D eigenvalue weighted by molar-refractivity contribution is 4.39. The van der Waals surface area contributed by atoms with Crippen LogP contribution in [-0.4, -0.2) is 411 Å². The third kappa shape index (κ3) is 104. The van der Waals surface area contributed by atoms with Crippen molar-refractivity contribution in [3.8, 4) is 0 Å². The van der Waals surface area contributed by atoms with Crippen LogP contribution in [0.3, 0.4) is 0 Å². The van der Waals surface area contributed by atoms with Gasteiger partial charge in [-0.1, -0.05) is 0 Å². The molecule has 0 bridgehead atoms. The van der Waals surface area contributed by atoms with Gasteiger partial charge in [0, 0.05) is 14.2 Å². The van der Waals surface area contributed by atoms with Gasteiger partial charge in [0.1, 0.15) is 185 Å². The van der Waals surface area contributed by atoms with E-state index in [0.717, 1.165) is 0 Å². The van der Waals surface area contributed by atoms with Crippen molar-refractivity contribution in [3.05, 3.63) is 0 Å². The molecule has 0 radical (unpaired) electrons. The second kappa shape index (κ2) is 104. The second-order valence-electron chi connectivity index (χ2n) is 19.2. The molecule has 0 spiro atoms. The Balaban J connectivity index is 3.09. The molecule has 0 aromatic rings. The summed E-state index contributed by atoms with van der Waals surface area (Å²) in [4.78, 5) is 140. The van der Waals surface area contributed by atoms with E-state index in [1.165, 1.54) is 0 Å². The molecule has 45 heteroatoms. The van der Waals surface area contributed by atoms with E-state index in [1.54, 1.807) is 14.2 Å². The topological polar surface area (TPSA) is 415 Å². The second-order valence-corrected chi connectivity index (χ2v) is 19.2. The van der Waals surface area contributed by atoms with E-state index in [2.05, 4.69) is 0 Å². The van der Waals surface area contributed by atoms with Gasteiger partial charge in [0.15, 0.2) is 0 Å². The third-order valence-corrected chi connectivity index (χ3v) is 10.7. The molecule has 107 heavy (non-hydrogen) atoms. The van der Waals surface area contributed by atoms with Crippen LogP contribution < -0.4 is 0 Å². The van der Waals surface area contributed by atoms with E-state index < -0.39 is 0 Å². The van der Waals surface area contributed by atoms with Crippen molar-refractivity contribution >= 4 is 0 Å². The van der Waals surface area contributed by atoms with E-state index >= 15 is 0 Å². The largest absolute Gasteiger partial charge is 0.382 e. The minimum Gasteiger partial charge on any atom is -0.382 e. The molecule has 0 aliphatic heterocycles. The quantitative estimate of drug-likeness (QED) is 0.0432. The van der Waals surface area contributed by atoms with Crippen LogP contribution in [0.25, 0.3) is 0 Å². The first-order valence-electron chi connectivity index (χ1n) is 35.5. The Morgan fingerprint density at radius 1 is 0.0748 bits per heavy atom. The van der Waals surface area contributed by atoms with Gasteiger partial charge >= 0.3 is 0 Å². The monoisotopic (exact) mass is 1590 g/mol. The fourth-order valence-corrected chi connectivity index (χ4v) is 6.07. The zero-order valence-corrected chi connectivity index (χ0v) is 62.8. The number of ether oxygens (including phenoxy) is 17. The van der Waals surface area contributed by atoms with Crippen LogP contribution in [0.1, 0.15) is 0 Å². The molecule has 644 valence electrons. The molecule has 0 aliphatic carbocycles. The van der Waals surface area contributed by atoms with Crippen LogP contribution in [0.4, 0.5) is 0 Å². The number of hydrogen-bond acceptors (Lipinski definition) is 45. The zero-order chi connectivity index (χ0) is 76.2. The third-order valence-electron chi connectivity index (χ3n) is 10.7. The van der Waals surface area contributed by atoms with Crippen molar-refractivity contribution in [2.75, 3.05) is 411 Å². The summed E-state index contributed by atoms with van der Waals surface area (Å²) in [6.07, 6.45) is 0. The maximum absolute atomic E-state index is 5.38. The van der Waals surface area contributed by atoms with Crippen LogP contribution in [0.5, 0.6) is 0 Å². The summed E-state index contributed by atoms with van der Waals surface area (Å²) < 4.78 is 89.9. The fourth-order valence-electron chi connectivity index (χ4n) is 6.07. The van der Waals surface area contributed by atoms with Gasteiger partial charge in [0.25, 0.3) is 0 Å². The number of hydrogen-bond donors (Lipinski definition) is 0. The van der Waals surface area contributed by atoms with E-state index in [4.69, 9.17) is 217 Å². The van der Waals surface area contributed by atoms with Gasteiger partial charge in [0.2, 0.25) is 0 Å². The summed E-state index contributed by atoms with van der Waals surface area (Å²) >= 11 is 0. The molecule has 0 aliphatic rings. The molecule has 0 amide bonds. The minimum atomic E-state index is 0.223. The maximum atomic E-state index is 5.38. The molecule has 0 saturated heterocycles. The summed E-state index contributed by atoms with van der Waals surface area (Å²) in [5.74, 6) is 0. The lowest BCUT2D eigenvalue weighted by Crippen LogP contribution is -2.15. The Kier molecular flexibility index (Phi) is 102. The van der Waals surface area contributed by atoms with E-state index in [-0.39, 0.29) is 172 Å². The summed E-state index contributed by atoms with van der Waals surface area (Å²) in [7, 11) is 3.22. The smallest absolute Gasteiger partial charge is 0.106 e. The molecule has 0 aromatic carbocycles. The van der Waals surface area contributed by atoms with Crippen molar-refractivity contribution < 1.29 is 217 Å². The van der Waals surface area contributed by atoms with E-state index in [1.807, 2.05) is 0 Å². The average molecular weight is 1590 g/mol. The highest BCUT2D eigenvalue weighted by Crippen LogP contribution is 1.95. The Morgan fingerprint density at radius 3 is 0.187 bits per heavy atom. The van der Waals surface area contributed by atoms with Gasteiger partial charge in [-0.15, -0.1) is 0 Å². The Hall–Kier alpha value is -1.80. The zero-order valence-electron chi connectivity index (χ0n) is 62.8. The van der Waals surface area contributed by atoms with Crippen molar-refractivity contribution in [3.63, 3.8) is 0 Å². The predicted octanol–water partition coefficient (Wildman–Crippen LogP) is -0.197. The predicted molar refractivity (Wildman–Crippen MR) is 353 cm³/mol. The molecule has 0 atom stereocenters. The average Bonchev–Trinajstić information content (AvgIpc) is 3.82. The Bertz CT molecular complexity index is 1400. The summed E-state index contributed by atoms with van der Waals surface area (Å²) in [5, 5.41) is 0. The van der Waals surface area contributed by atoms with E-state index in [9.17, 15) is 0 Å². The van der Waals surface area contributed by atoms with Crippen LogP contribution in [0.2, 0.25) is 0 Å². The van der Waals surface area contributed by atoms with Gasteiger partial charge in [-0.2, -0.15) is 0 Å². The maximum Gasteiger partial charge on any atom is 0.106 e. The van der Waals surface area contributed by atoms with Crippen LogP contribution in [0, 0.1) is 0 Å². The first-order valence-corrected chi connectivity index (χ1v) is 35.5. The molecular weight excluding hydrogens is 1460 g/mol. The number of rotatable bonds is 104. The highest BCUT2D eigenvalue weighted by atomic mass is 17.2. The van der Waals surface area contributed by atoms with Crippen molar-refractivity contribution in [1.82, 2.24) is 0 Å². The van der Waals surface area contributed by atoms with Crippen LogP contribution in [-0.2, 0) is 217 Å². The van der Waals surface area contributed by atoms with Crippen LogP contribution >= 0.6 is 0 Å². The lowest BCUT2D eigenvalue weighted by atomic mass is 10.7. The first kappa shape index (κ1) is 105. The van der Waals surface area contributed by atoms with Gasteiger partial charge in [0.05, 0.1) is 211 Å². The van der Waals surface area contributed by atoms with Crippen molar-refractivity contribution in [2.45, 2.75) is 0 Å². The highest BCUT2D eigenvalue weighted by Gasteiger charge is 2.04. The summed E-state index contributed by atoms with van der Waals surface area (Å²) in [6, 6.07) is 0. The molecule has 0 aromatic heterocycles. The van der Waals surface area contributed by atoms with Gasteiger partial charge in [-0.25, -0.2) is 137 Å². The van der Waals surface area contributed by atoms with Crippen molar-refractivity contribution in [2.24, 2.45) is 0 Å². The molecule has 45 nitrogen and oxygen atoms in total. The van der Waals surface area contributed by atoms with E-state index in [0.29, 0.717) is 225 Å². The molecular formula is C62H126O45. The lowest BCUT2D eigenvalue weighted by Gasteiger charge is -2.08. The molecule has 0 saturated carbocycles. The summed E-state index contributed by atoms with van der Waals surface area (Å²) in [5.41, 5.74) is 0. The van der Waals surface area contributed by atoms with Crippen LogP contribution in [0.15, 0.2) is 0 Å². The van der Waals surface area contributed by atoms with Gasteiger partial charge in [-0.05, 0) is 0 Å². The van der Waals surface area contributed by atoms with Gasteiger partial charge in [-0.3, -0.25) is 0 Å².